The smallest absolute Gasteiger partial charge is 0.334 e. The van der Waals surface area contributed by atoms with Crippen LogP contribution in [-0.4, -0.2) is 59.2 Å². The van der Waals surface area contributed by atoms with Gasteiger partial charge in [0.1, 0.15) is 6.54 Å². The summed E-state index contributed by atoms with van der Waals surface area (Å²) in [6.07, 6.45) is 1.32. The molecule has 0 atom stereocenters. The quantitative estimate of drug-likeness (QED) is 0.507. The topological polar surface area (TPSA) is 116 Å². The maximum atomic E-state index is 12.0. The third kappa shape index (κ3) is 5.04. The number of amides is 7. The Bertz CT molecular complexity index is 517. The van der Waals surface area contributed by atoms with Crippen LogP contribution in [0.3, 0.4) is 0 Å². The highest BCUT2D eigenvalue weighted by Gasteiger charge is 2.44. The van der Waals surface area contributed by atoms with Gasteiger partial charge in [-0.3, -0.25) is 24.6 Å². The standard InChI is InChI=1S/C14H22N4O5/c1-4-5-6-17-11(20)12(21)18(14(17)23)8-10(19)16-13(22)15-7-9(2)3/h9H,4-8H2,1-3H3,(H2,15,16,19,22). The van der Waals surface area contributed by atoms with Gasteiger partial charge in [0.15, 0.2) is 0 Å². The van der Waals surface area contributed by atoms with Crippen LogP contribution in [-0.2, 0) is 14.4 Å². The molecule has 0 aromatic carbocycles. The third-order valence-corrected chi connectivity index (χ3v) is 3.10. The molecule has 0 unspecified atom stereocenters. The molecule has 1 fully saturated rings. The Morgan fingerprint density at radius 1 is 1.09 bits per heavy atom. The predicted octanol–water partition coefficient (Wildman–Crippen LogP) is 0.0591. The monoisotopic (exact) mass is 326 g/mol. The molecule has 1 heterocycles. The number of urea groups is 2. The molecular weight excluding hydrogens is 304 g/mol. The lowest BCUT2D eigenvalue weighted by molar-refractivity contribution is -0.143. The van der Waals surface area contributed by atoms with Gasteiger partial charge in [-0.05, 0) is 12.3 Å². The molecule has 2 N–H and O–H groups in total. The summed E-state index contributed by atoms with van der Waals surface area (Å²) >= 11 is 0. The molecule has 128 valence electrons. The van der Waals surface area contributed by atoms with Crippen LogP contribution in [0.15, 0.2) is 0 Å². The molecule has 9 nitrogen and oxygen atoms in total. The van der Waals surface area contributed by atoms with Gasteiger partial charge in [0, 0.05) is 13.1 Å². The van der Waals surface area contributed by atoms with Crippen molar-refractivity contribution in [3.63, 3.8) is 0 Å². The number of hydrogen-bond acceptors (Lipinski definition) is 5. The van der Waals surface area contributed by atoms with Gasteiger partial charge in [0.05, 0.1) is 0 Å². The lowest BCUT2D eigenvalue weighted by Gasteiger charge is -2.15. The number of carbonyl (C=O) groups is 5. The molecule has 1 aliphatic rings. The van der Waals surface area contributed by atoms with Crippen LogP contribution in [0, 0.1) is 5.92 Å². The van der Waals surface area contributed by atoms with Crippen molar-refractivity contribution < 1.29 is 24.0 Å². The molecule has 0 aliphatic carbocycles. The number of carbonyl (C=O) groups excluding carboxylic acids is 5. The van der Waals surface area contributed by atoms with Crippen molar-refractivity contribution in [2.75, 3.05) is 19.6 Å². The minimum atomic E-state index is -1.05. The fourth-order valence-electron chi connectivity index (χ4n) is 1.85. The Labute approximate surface area is 134 Å². The van der Waals surface area contributed by atoms with Gasteiger partial charge >= 0.3 is 23.9 Å². The minimum Gasteiger partial charge on any atom is -0.338 e. The summed E-state index contributed by atoms with van der Waals surface area (Å²) in [5.74, 6) is -2.62. The molecular formula is C14H22N4O5. The first-order valence-electron chi connectivity index (χ1n) is 7.52. The SMILES string of the molecule is CCCCN1C(=O)C(=O)N(CC(=O)NC(=O)NCC(C)C)C1=O. The Morgan fingerprint density at radius 2 is 1.70 bits per heavy atom. The van der Waals surface area contributed by atoms with Gasteiger partial charge in [-0.2, -0.15) is 0 Å². The summed E-state index contributed by atoms with van der Waals surface area (Å²) in [5.41, 5.74) is 0. The number of imide groups is 3. The number of nitrogens with one attached hydrogen (secondary N) is 2. The summed E-state index contributed by atoms with van der Waals surface area (Å²) in [4.78, 5) is 60.0. The van der Waals surface area contributed by atoms with E-state index >= 15 is 0 Å². The summed E-state index contributed by atoms with van der Waals surface area (Å²) in [5, 5.41) is 4.48. The summed E-state index contributed by atoms with van der Waals surface area (Å²) in [6.45, 7) is 5.51. The number of rotatable bonds is 7. The van der Waals surface area contributed by atoms with Crippen LogP contribution in [0.1, 0.15) is 33.6 Å². The predicted molar refractivity (Wildman–Crippen MR) is 80.1 cm³/mol. The Kier molecular flexibility index (Phi) is 6.67. The highest BCUT2D eigenvalue weighted by Crippen LogP contribution is 2.12. The van der Waals surface area contributed by atoms with Gasteiger partial charge < -0.3 is 5.32 Å². The number of unbranched alkanes of at least 4 members (excludes halogenated alkanes) is 1. The third-order valence-electron chi connectivity index (χ3n) is 3.10. The Morgan fingerprint density at radius 3 is 2.26 bits per heavy atom. The second kappa shape index (κ2) is 8.25. The molecule has 0 aromatic heterocycles. The van der Waals surface area contributed by atoms with Crippen molar-refractivity contribution in [1.29, 1.82) is 0 Å². The first-order chi connectivity index (χ1) is 10.8. The number of nitrogens with zero attached hydrogens (tertiary/aromatic N) is 2. The average Bonchev–Trinajstić information content (AvgIpc) is 2.67. The van der Waals surface area contributed by atoms with Crippen molar-refractivity contribution in [1.82, 2.24) is 20.4 Å². The molecule has 0 saturated carbocycles. The highest BCUT2D eigenvalue weighted by atomic mass is 16.2. The van der Waals surface area contributed by atoms with Crippen molar-refractivity contribution >= 4 is 29.8 Å². The first-order valence-corrected chi connectivity index (χ1v) is 7.52. The molecule has 0 spiro atoms. The highest BCUT2D eigenvalue weighted by molar-refractivity contribution is 6.45. The summed E-state index contributed by atoms with van der Waals surface area (Å²) in [6, 6.07) is -1.54. The molecule has 9 heteroatoms. The lowest BCUT2D eigenvalue weighted by atomic mass is 10.2. The van der Waals surface area contributed by atoms with E-state index in [0.29, 0.717) is 17.9 Å². The average molecular weight is 326 g/mol. The minimum absolute atomic E-state index is 0.132. The lowest BCUT2D eigenvalue weighted by Crippen LogP contribution is -2.47. The molecule has 1 saturated heterocycles. The maximum absolute atomic E-state index is 12.0. The summed E-state index contributed by atoms with van der Waals surface area (Å²) < 4.78 is 0. The zero-order chi connectivity index (χ0) is 17.6. The van der Waals surface area contributed by atoms with Crippen molar-refractivity contribution in [2.45, 2.75) is 33.6 Å². The van der Waals surface area contributed by atoms with Crippen molar-refractivity contribution in [3.05, 3.63) is 0 Å². The molecule has 1 aliphatic heterocycles. The fourth-order valence-corrected chi connectivity index (χ4v) is 1.85. The van der Waals surface area contributed by atoms with E-state index in [2.05, 4.69) is 5.32 Å². The number of hydrogen-bond donors (Lipinski definition) is 2. The van der Waals surface area contributed by atoms with Crippen LogP contribution >= 0.6 is 0 Å². The van der Waals surface area contributed by atoms with E-state index in [1.54, 1.807) is 0 Å². The molecule has 0 bridgehead atoms. The van der Waals surface area contributed by atoms with Crippen LogP contribution in [0.4, 0.5) is 9.59 Å². The fraction of sp³-hybridized carbons (Fsp3) is 0.643. The zero-order valence-electron chi connectivity index (χ0n) is 13.5. The van der Waals surface area contributed by atoms with E-state index in [1.807, 2.05) is 26.1 Å². The second-order valence-corrected chi connectivity index (χ2v) is 5.64. The van der Waals surface area contributed by atoms with Crippen molar-refractivity contribution in [2.24, 2.45) is 5.92 Å². The van der Waals surface area contributed by atoms with Gasteiger partial charge in [-0.15, -0.1) is 0 Å². The first kappa shape index (κ1) is 18.6. The van der Waals surface area contributed by atoms with E-state index < -0.39 is 36.3 Å². The molecule has 7 amide bonds. The van der Waals surface area contributed by atoms with E-state index in [9.17, 15) is 24.0 Å². The van der Waals surface area contributed by atoms with Crippen LogP contribution in [0.25, 0.3) is 0 Å². The van der Waals surface area contributed by atoms with E-state index in [-0.39, 0.29) is 12.5 Å². The normalized spacial score (nSPS) is 14.7. The van der Waals surface area contributed by atoms with Gasteiger partial charge in [0.2, 0.25) is 5.91 Å². The van der Waals surface area contributed by atoms with Crippen LogP contribution < -0.4 is 10.6 Å². The van der Waals surface area contributed by atoms with Gasteiger partial charge in [-0.25, -0.2) is 14.5 Å². The molecule has 0 radical (unpaired) electrons. The van der Waals surface area contributed by atoms with Crippen LogP contribution in [0.5, 0.6) is 0 Å². The largest absolute Gasteiger partial charge is 0.338 e. The van der Waals surface area contributed by atoms with E-state index in [4.69, 9.17) is 0 Å². The van der Waals surface area contributed by atoms with E-state index in [1.165, 1.54) is 0 Å². The summed E-state index contributed by atoms with van der Waals surface area (Å²) in [7, 11) is 0. The van der Waals surface area contributed by atoms with Gasteiger partial charge in [0.25, 0.3) is 0 Å². The second-order valence-electron chi connectivity index (χ2n) is 5.64. The van der Waals surface area contributed by atoms with Crippen molar-refractivity contribution in [3.8, 4) is 0 Å². The Hall–Kier alpha value is -2.45. The Balaban J connectivity index is 2.57. The van der Waals surface area contributed by atoms with Gasteiger partial charge in [-0.1, -0.05) is 27.2 Å². The maximum Gasteiger partial charge on any atom is 0.334 e. The van der Waals surface area contributed by atoms with E-state index in [0.717, 1.165) is 11.3 Å². The zero-order valence-corrected chi connectivity index (χ0v) is 13.5. The molecule has 0 aromatic rings. The molecule has 23 heavy (non-hydrogen) atoms. The van der Waals surface area contributed by atoms with Crippen LogP contribution in [0.2, 0.25) is 0 Å². The molecule has 1 rings (SSSR count).